The fraction of sp³-hybridized carbons (Fsp3) is 0.158. The van der Waals surface area contributed by atoms with Crippen LogP contribution in [0.3, 0.4) is 0 Å². The van der Waals surface area contributed by atoms with Gasteiger partial charge in [-0.05, 0) is 48.5 Å². The minimum absolute atomic E-state index is 0.512. The fourth-order valence-electron chi connectivity index (χ4n) is 2.38. The van der Waals surface area contributed by atoms with Crippen molar-refractivity contribution in [3.05, 3.63) is 54.7 Å². The lowest BCUT2D eigenvalue weighted by Gasteiger charge is -2.10. The molecule has 3 aromatic rings. The highest BCUT2D eigenvalue weighted by atomic mass is 16.5. The number of hydrogen-bond acceptors (Lipinski definition) is 6. The molecule has 6 heteroatoms. The molecule has 1 N–H and O–H groups in total. The van der Waals surface area contributed by atoms with E-state index in [1.807, 2.05) is 48.5 Å². The first-order valence-electron chi connectivity index (χ1n) is 7.70. The van der Waals surface area contributed by atoms with Crippen molar-refractivity contribution in [2.75, 3.05) is 26.6 Å². The number of benzene rings is 2. The van der Waals surface area contributed by atoms with E-state index in [1.54, 1.807) is 27.5 Å². The molecule has 0 fully saturated rings. The molecular formula is C19H19N3O3. The zero-order valence-electron chi connectivity index (χ0n) is 14.3. The van der Waals surface area contributed by atoms with Crippen LogP contribution in [0.2, 0.25) is 0 Å². The fourth-order valence-corrected chi connectivity index (χ4v) is 2.38. The van der Waals surface area contributed by atoms with Crippen molar-refractivity contribution >= 4 is 11.6 Å². The predicted octanol–water partition coefficient (Wildman–Crippen LogP) is 3.91. The van der Waals surface area contributed by atoms with Crippen LogP contribution in [0, 0.1) is 0 Å². The Morgan fingerprint density at radius 1 is 0.800 bits per heavy atom. The van der Waals surface area contributed by atoms with Crippen molar-refractivity contribution in [2.24, 2.45) is 0 Å². The number of ether oxygens (including phenoxy) is 3. The topological polar surface area (TPSA) is 65.5 Å². The van der Waals surface area contributed by atoms with E-state index >= 15 is 0 Å². The molecule has 0 radical (unpaired) electrons. The summed E-state index contributed by atoms with van der Waals surface area (Å²) in [4.78, 5) is 8.83. The van der Waals surface area contributed by atoms with Crippen LogP contribution in [0.25, 0.3) is 11.3 Å². The average Bonchev–Trinajstić information content (AvgIpc) is 2.68. The van der Waals surface area contributed by atoms with Gasteiger partial charge in [0.25, 0.3) is 0 Å². The Hall–Kier alpha value is -3.28. The lowest BCUT2D eigenvalue weighted by molar-refractivity contribution is 0.355. The van der Waals surface area contributed by atoms with Crippen molar-refractivity contribution < 1.29 is 14.2 Å². The van der Waals surface area contributed by atoms with E-state index in [2.05, 4.69) is 15.3 Å². The second kappa shape index (κ2) is 7.53. The van der Waals surface area contributed by atoms with Crippen LogP contribution in [0.4, 0.5) is 11.6 Å². The van der Waals surface area contributed by atoms with Crippen LogP contribution < -0.4 is 19.5 Å². The first-order chi connectivity index (χ1) is 12.2. The summed E-state index contributed by atoms with van der Waals surface area (Å²) in [5.41, 5.74) is 2.58. The highest BCUT2D eigenvalue weighted by Crippen LogP contribution is 2.31. The molecule has 0 spiro atoms. The van der Waals surface area contributed by atoms with E-state index < -0.39 is 0 Å². The first-order valence-corrected chi connectivity index (χ1v) is 7.70. The Bertz CT molecular complexity index is 851. The quantitative estimate of drug-likeness (QED) is 0.735. The third-order valence-electron chi connectivity index (χ3n) is 3.68. The van der Waals surface area contributed by atoms with Gasteiger partial charge in [0, 0.05) is 17.4 Å². The molecule has 2 aromatic carbocycles. The molecule has 6 nitrogen and oxygen atoms in total. The minimum Gasteiger partial charge on any atom is -0.497 e. The maximum absolute atomic E-state index is 5.35. The Balaban J connectivity index is 1.85. The van der Waals surface area contributed by atoms with Crippen LogP contribution >= 0.6 is 0 Å². The van der Waals surface area contributed by atoms with Gasteiger partial charge in [0.1, 0.15) is 5.75 Å². The number of hydrogen-bond donors (Lipinski definition) is 1. The largest absolute Gasteiger partial charge is 0.497 e. The molecule has 0 aliphatic carbocycles. The van der Waals surface area contributed by atoms with Crippen LogP contribution in [0.1, 0.15) is 0 Å². The van der Waals surface area contributed by atoms with E-state index in [1.165, 1.54) is 0 Å². The Morgan fingerprint density at radius 3 is 2.24 bits per heavy atom. The lowest BCUT2D eigenvalue weighted by Crippen LogP contribution is -1.98. The SMILES string of the molecule is COc1ccc(Nc2nccc(-c3ccc(OC)c(OC)c3)n2)cc1. The van der Waals surface area contributed by atoms with Crippen molar-refractivity contribution in [3.63, 3.8) is 0 Å². The molecule has 0 bridgehead atoms. The van der Waals surface area contributed by atoms with Crippen LogP contribution in [-0.4, -0.2) is 31.3 Å². The molecule has 0 aliphatic heterocycles. The number of methoxy groups -OCH3 is 3. The Labute approximate surface area is 146 Å². The van der Waals surface area contributed by atoms with E-state index in [4.69, 9.17) is 14.2 Å². The molecule has 1 aromatic heterocycles. The molecule has 0 saturated heterocycles. The van der Waals surface area contributed by atoms with Gasteiger partial charge in [0.2, 0.25) is 5.95 Å². The minimum atomic E-state index is 0.512. The number of nitrogens with one attached hydrogen (secondary N) is 1. The van der Waals surface area contributed by atoms with Gasteiger partial charge in [-0.3, -0.25) is 0 Å². The predicted molar refractivity (Wildman–Crippen MR) is 96.8 cm³/mol. The summed E-state index contributed by atoms with van der Waals surface area (Å²) in [7, 11) is 4.86. The molecule has 25 heavy (non-hydrogen) atoms. The summed E-state index contributed by atoms with van der Waals surface area (Å²) in [5, 5.41) is 3.18. The molecule has 0 atom stereocenters. The molecule has 0 amide bonds. The monoisotopic (exact) mass is 337 g/mol. The van der Waals surface area contributed by atoms with Gasteiger partial charge < -0.3 is 19.5 Å². The summed E-state index contributed by atoms with van der Waals surface area (Å²) < 4.78 is 15.8. The maximum Gasteiger partial charge on any atom is 0.227 e. The highest BCUT2D eigenvalue weighted by molar-refractivity contribution is 5.65. The molecule has 0 unspecified atom stereocenters. The summed E-state index contributed by atoms with van der Waals surface area (Å²) in [5.74, 6) is 2.64. The van der Waals surface area contributed by atoms with Crippen LogP contribution in [-0.2, 0) is 0 Å². The molecular weight excluding hydrogens is 318 g/mol. The molecule has 128 valence electrons. The summed E-state index contributed by atoms with van der Waals surface area (Å²) in [6.45, 7) is 0. The lowest BCUT2D eigenvalue weighted by atomic mass is 10.1. The van der Waals surface area contributed by atoms with Gasteiger partial charge in [-0.15, -0.1) is 0 Å². The van der Waals surface area contributed by atoms with E-state index in [9.17, 15) is 0 Å². The highest BCUT2D eigenvalue weighted by Gasteiger charge is 2.08. The average molecular weight is 337 g/mol. The van der Waals surface area contributed by atoms with Gasteiger partial charge in [-0.25, -0.2) is 9.97 Å². The Morgan fingerprint density at radius 2 is 1.56 bits per heavy atom. The molecule has 0 aliphatic rings. The van der Waals surface area contributed by atoms with Crippen molar-refractivity contribution in [1.82, 2.24) is 9.97 Å². The standard InChI is InChI=1S/C19H19N3O3/c1-23-15-7-5-14(6-8-15)21-19-20-11-10-16(22-19)13-4-9-17(24-2)18(12-13)25-3/h4-12H,1-3H3,(H,20,21,22). The maximum atomic E-state index is 5.35. The van der Waals surface area contributed by atoms with Crippen molar-refractivity contribution in [2.45, 2.75) is 0 Å². The molecule has 3 rings (SSSR count). The Kier molecular flexibility index (Phi) is 4.99. The van der Waals surface area contributed by atoms with Gasteiger partial charge >= 0.3 is 0 Å². The van der Waals surface area contributed by atoms with Crippen molar-refractivity contribution in [1.29, 1.82) is 0 Å². The number of anilines is 2. The number of aromatic nitrogens is 2. The third kappa shape index (κ3) is 3.80. The second-order valence-corrected chi connectivity index (χ2v) is 5.19. The molecule has 1 heterocycles. The van der Waals surface area contributed by atoms with Crippen molar-refractivity contribution in [3.8, 4) is 28.5 Å². The van der Waals surface area contributed by atoms with Crippen LogP contribution in [0.15, 0.2) is 54.7 Å². The van der Waals surface area contributed by atoms with E-state index in [0.29, 0.717) is 17.4 Å². The zero-order chi connectivity index (χ0) is 17.6. The van der Waals surface area contributed by atoms with Gasteiger partial charge in [-0.2, -0.15) is 0 Å². The third-order valence-corrected chi connectivity index (χ3v) is 3.68. The van der Waals surface area contributed by atoms with Gasteiger partial charge in [0.05, 0.1) is 27.0 Å². The zero-order valence-corrected chi connectivity index (χ0v) is 14.3. The normalized spacial score (nSPS) is 10.2. The first kappa shape index (κ1) is 16.6. The number of nitrogens with zero attached hydrogens (tertiary/aromatic N) is 2. The smallest absolute Gasteiger partial charge is 0.227 e. The van der Waals surface area contributed by atoms with E-state index in [-0.39, 0.29) is 0 Å². The van der Waals surface area contributed by atoms with E-state index in [0.717, 1.165) is 22.7 Å². The second-order valence-electron chi connectivity index (χ2n) is 5.19. The summed E-state index contributed by atoms with van der Waals surface area (Å²) in [6.07, 6.45) is 1.71. The number of rotatable bonds is 6. The van der Waals surface area contributed by atoms with Gasteiger partial charge in [-0.1, -0.05) is 0 Å². The summed E-state index contributed by atoms with van der Waals surface area (Å²) in [6, 6.07) is 15.1. The summed E-state index contributed by atoms with van der Waals surface area (Å²) >= 11 is 0. The van der Waals surface area contributed by atoms with Gasteiger partial charge in [0.15, 0.2) is 11.5 Å². The van der Waals surface area contributed by atoms with Crippen LogP contribution in [0.5, 0.6) is 17.2 Å². The molecule has 0 saturated carbocycles.